The van der Waals surface area contributed by atoms with Crippen molar-refractivity contribution < 1.29 is 9.18 Å². The zero-order valence-electron chi connectivity index (χ0n) is 18.9. The van der Waals surface area contributed by atoms with Crippen molar-refractivity contribution in [2.75, 3.05) is 0 Å². The van der Waals surface area contributed by atoms with E-state index in [1.54, 1.807) is 0 Å². The number of hydrogen-bond donors (Lipinski definition) is 0. The Morgan fingerprint density at radius 2 is 1.77 bits per heavy atom. The molecular formula is C28H37FO. The van der Waals surface area contributed by atoms with Gasteiger partial charge in [-0.2, -0.15) is 0 Å². The minimum absolute atomic E-state index is 0.0782. The molecule has 1 aromatic carbocycles. The highest BCUT2D eigenvalue weighted by Gasteiger charge is 2.65. The molecule has 4 aliphatic carbocycles. The topological polar surface area (TPSA) is 17.1 Å². The Morgan fingerprint density at radius 1 is 1.03 bits per heavy atom. The van der Waals surface area contributed by atoms with Crippen LogP contribution in [0.25, 0.3) is 0 Å². The molecule has 2 heteroatoms. The van der Waals surface area contributed by atoms with Gasteiger partial charge in [-0.3, -0.25) is 4.79 Å². The smallest absolute Gasteiger partial charge is 0.136 e. The first kappa shape index (κ1) is 20.5. The summed E-state index contributed by atoms with van der Waals surface area (Å²) in [7, 11) is 0. The van der Waals surface area contributed by atoms with Gasteiger partial charge in [-0.15, -0.1) is 0 Å². The molecule has 162 valence electrons. The first-order chi connectivity index (χ1) is 14.3. The van der Waals surface area contributed by atoms with Crippen LogP contribution in [0.15, 0.2) is 42.0 Å². The van der Waals surface area contributed by atoms with Gasteiger partial charge < -0.3 is 0 Å². The van der Waals surface area contributed by atoms with Crippen molar-refractivity contribution in [1.29, 1.82) is 0 Å². The predicted octanol–water partition coefficient (Wildman–Crippen LogP) is 7.11. The van der Waals surface area contributed by atoms with Gasteiger partial charge in [0.25, 0.3) is 0 Å². The maximum atomic E-state index is 14.1. The molecule has 4 unspecified atom stereocenters. The number of carbonyl (C=O) groups excluding carboxylic acids is 1. The fraction of sp³-hybridized carbons (Fsp3) is 0.679. The van der Waals surface area contributed by atoms with E-state index in [-0.39, 0.29) is 16.2 Å². The van der Waals surface area contributed by atoms with Crippen LogP contribution in [0.1, 0.15) is 77.7 Å². The second kappa shape index (κ2) is 7.04. The Bertz CT molecular complexity index is 859. The van der Waals surface area contributed by atoms with Crippen LogP contribution in [0, 0.1) is 34.0 Å². The van der Waals surface area contributed by atoms with Crippen molar-refractivity contribution in [2.24, 2.45) is 34.0 Å². The van der Waals surface area contributed by atoms with Crippen LogP contribution >= 0.6 is 0 Å². The number of halogens is 1. The molecule has 7 atom stereocenters. The summed E-state index contributed by atoms with van der Waals surface area (Å²) in [5.74, 6) is 2.33. The van der Waals surface area contributed by atoms with Crippen LogP contribution in [0.4, 0.5) is 4.39 Å². The van der Waals surface area contributed by atoms with E-state index in [0.29, 0.717) is 30.0 Å². The van der Waals surface area contributed by atoms with Gasteiger partial charge in [0.15, 0.2) is 0 Å². The van der Waals surface area contributed by atoms with Crippen molar-refractivity contribution in [3.63, 3.8) is 0 Å². The third-order valence-corrected chi connectivity index (χ3v) is 10.4. The molecular weight excluding hydrogens is 371 g/mol. The molecule has 0 radical (unpaired) electrons. The van der Waals surface area contributed by atoms with Crippen LogP contribution < -0.4 is 0 Å². The lowest BCUT2D eigenvalue weighted by Crippen LogP contribution is -2.54. The molecule has 0 saturated heterocycles. The summed E-state index contributed by atoms with van der Waals surface area (Å²) in [5.41, 5.74) is 2.75. The summed E-state index contributed by atoms with van der Waals surface area (Å²) >= 11 is 0. The summed E-state index contributed by atoms with van der Waals surface area (Å²) in [4.78, 5) is 13.3. The van der Waals surface area contributed by atoms with Crippen molar-refractivity contribution in [3.8, 4) is 0 Å². The number of benzene rings is 1. The zero-order valence-corrected chi connectivity index (χ0v) is 18.9. The monoisotopic (exact) mass is 408 g/mol. The lowest BCUT2D eigenvalue weighted by Gasteiger charge is -2.59. The molecule has 1 nitrogen and oxygen atoms in total. The van der Waals surface area contributed by atoms with E-state index >= 15 is 0 Å². The first-order valence-electron chi connectivity index (χ1n) is 12.2. The van der Waals surface area contributed by atoms with Gasteiger partial charge in [-0.05, 0) is 92.4 Å². The minimum atomic E-state index is -0.641. The van der Waals surface area contributed by atoms with Crippen LogP contribution in [0.5, 0.6) is 0 Å². The highest BCUT2D eigenvalue weighted by atomic mass is 19.1. The molecule has 5 rings (SSSR count). The zero-order chi connectivity index (χ0) is 21.1. The largest absolute Gasteiger partial charge is 0.299 e. The van der Waals surface area contributed by atoms with Crippen molar-refractivity contribution in [2.45, 2.75) is 84.7 Å². The summed E-state index contributed by atoms with van der Waals surface area (Å²) in [6, 6.07) is 10.7. The van der Waals surface area contributed by atoms with E-state index < -0.39 is 6.17 Å². The Morgan fingerprint density at radius 3 is 2.50 bits per heavy atom. The van der Waals surface area contributed by atoms with Crippen molar-refractivity contribution in [1.82, 2.24) is 0 Å². The van der Waals surface area contributed by atoms with Gasteiger partial charge >= 0.3 is 0 Å². The lowest BCUT2D eigenvalue weighted by molar-refractivity contribution is -0.140. The van der Waals surface area contributed by atoms with Gasteiger partial charge in [0.05, 0.1) is 0 Å². The van der Waals surface area contributed by atoms with Gasteiger partial charge in [0.1, 0.15) is 12.0 Å². The molecule has 0 bridgehead atoms. The Kier molecular flexibility index (Phi) is 4.80. The van der Waals surface area contributed by atoms with E-state index in [1.807, 2.05) is 6.92 Å². The fourth-order valence-corrected chi connectivity index (χ4v) is 8.69. The van der Waals surface area contributed by atoms with E-state index in [2.05, 4.69) is 50.3 Å². The number of alkyl halides is 1. The number of fused-ring (bicyclic) bond motifs is 5. The molecule has 0 heterocycles. The number of ketones is 1. The molecule has 3 saturated carbocycles. The lowest BCUT2D eigenvalue weighted by atomic mass is 9.45. The van der Waals surface area contributed by atoms with Gasteiger partial charge in [-0.25, -0.2) is 4.39 Å². The van der Waals surface area contributed by atoms with Crippen LogP contribution in [0.2, 0.25) is 0 Å². The SMILES string of the molecule is CC(=O)C1(Cc2ccccc2)CCC2C3CC=C4C[C@@H](F)CC[C@]4(C)C3CC[C@@]21C. The van der Waals surface area contributed by atoms with Crippen molar-refractivity contribution >= 4 is 5.78 Å². The van der Waals surface area contributed by atoms with Gasteiger partial charge in [0, 0.05) is 11.8 Å². The molecule has 0 amide bonds. The second-order valence-corrected chi connectivity index (χ2v) is 11.4. The molecule has 4 aliphatic rings. The summed E-state index contributed by atoms with van der Waals surface area (Å²) in [6.07, 6.45) is 10.7. The third-order valence-electron chi connectivity index (χ3n) is 10.4. The minimum Gasteiger partial charge on any atom is -0.299 e. The van der Waals surface area contributed by atoms with Crippen molar-refractivity contribution in [3.05, 3.63) is 47.5 Å². The van der Waals surface area contributed by atoms with Crippen LogP contribution in [0.3, 0.4) is 0 Å². The molecule has 0 N–H and O–H groups in total. The maximum absolute atomic E-state index is 14.1. The summed E-state index contributed by atoms with van der Waals surface area (Å²) in [6.45, 7) is 6.73. The number of allylic oxidation sites excluding steroid dienone is 2. The highest BCUT2D eigenvalue weighted by molar-refractivity contribution is 5.84. The molecule has 30 heavy (non-hydrogen) atoms. The number of Topliss-reactive ketones (excluding diaryl/α,β-unsaturated/α-hetero) is 1. The van der Waals surface area contributed by atoms with E-state index in [1.165, 1.54) is 24.0 Å². The number of rotatable bonds is 3. The average molecular weight is 409 g/mol. The summed E-state index contributed by atoms with van der Waals surface area (Å²) < 4.78 is 14.1. The van der Waals surface area contributed by atoms with E-state index in [4.69, 9.17) is 0 Å². The molecule has 0 spiro atoms. The molecule has 3 fully saturated rings. The molecule has 0 aromatic heterocycles. The van der Waals surface area contributed by atoms with E-state index in [9.17, 15) is 9.18 Å². The third kappa shape index (κ3) is 2.74. The first-order valence-corrected chi connectivity index (χ1v) is 12.2. The maximum Gasteiger partial charge on any atom is 0.136 e. The Hall–Kier alpha value is -1.44. The fourth-order valence-electron chi connectivity index (χ4n) is 8.69. The molecule has 0 aliphatic heterocycles. The highest BCUT2D eigenvalue weighted by Crippen LogP contribution is 2.70. The Balaban J connectivity index is 1.50. The van der Waals surface area contributed by atoms with Crippen LogP contribution in [-0.4, -0.2) is 12.0 Å². The number of hydrogen-bond acceptors (Lipinski definition) is 1. The van der Waals surface area contributed by atoms with Gasteiger partial charge in [0.2, 0.25) is 0 Å². The normalized spacial score (nSPS) is 45.1. The van der Waals surface area contributed by atoms with Crippen LogP contribution in [-0.2, 0) is 11.2 Å². The molecule has 1 aromatic rings. The Labute approximate surface area is 181 Å². The standard InChI is InChI=1S/C28H37FO/c1-19(30)28(18-20-7-5-4-6-8-20)16-13-25-23-10-9-21-17-22(29)11-14-26(21,2)24(23)12-15-27(25,28)3/h4-9,22-25H,10-18H2,1-3H3/t22-,23?,24?,25?,26-,27-,28?/m0/s1. The van der Waals surface area contributed by atoms with Gasteiger partial charge in [-0.1, -0.05) is 55.8 Å². The average Bonchev–Trinajstić information content (AvgIpc) is 3.03. The second-order valence-electron chi connectivity index (χ2n) is 11.4. The quantitative estimate of drug-likeness (QED) is 0.487. The number of carbonyl (C=O) groups is 1. The predicted molar refractivity (Wildman–Crippen MR) is 120 cm³/mol. The van der Waals surface area contributed by atoms with E-state index in [0.717, 1.165) is 38.5 Å². The summed E-state index contributed by atoms with van der Waals surface area (Å²) in [5, 5.41) is 0.